The van der Waals surface area contributed by atoms with Crippen LogP contribution < -0.4 is 22.6 Å². The number of nitrogens with two attached hydrogens (primary N) is 2. The molecule has 0 fully saturated rings. The van der Waals surface area contributed by atoms with Gasteiger partial charge in [-0.2, -0.15) is 9.49 Å². The summed E-state index contributed by atoms with van der Waals surface area (Å²) in [5.41, 5.74) is 11.2. The molecule has 0 saturated heterocycles. The summed E-state index contributed by atoms with van der Waals surface area (Å²) in [4.78, 5) is 21.4. The molecule has 0 aliphatic heterocycles. The topological polar surface area (TPSA) is 130 Å². The molecule has 0 aromatic carbocycles. The Morgan fingerprint density at radius 2 is 2.30 bits per heavy atom. The van der Waals surface area contributed by atoms with E-state index in [9.17, 15) is 9.18 Å². The van der Waals surface area contributed by atoms with Gasteiger partial charge in [-0.15, -0.1) is 11.3 Å². The molecule has 0 radical (unpaired) electrons. The lowest BCUT2D eigenvalue weighted by Crippen LogP contribution is -2.27. The van der Waals surface area contributed by atoms with E-state index in [2.05, 4.69) is 20.5 Å². The molecule has 27 heavy (non-hydrogen) atoms. The zero-order chi connectivity index (χ0) is 19.1. The number of hydrogen-bond donors (Lipinski definition) is 3. The minimum atomic E-state index is -0.304. The van der Waals surface area contributed by atoms with Crippen molar-refractivity contribution in [1.82, 2.24) is 29.7 Å². The Morgan fingerprint density at radius 3 is 3.00 bits per heavy atom. The fourth-order valence-electron chi connectivity index (χ4n) is 2.86. The van der Waals surface area contributed by atoms with Crippen LogP contribution in [-0.4, -0.2) is 24.3 Å². The minimum absolute atomic E-state index is 0.111. The highest BCUT2D eigenvalue weighted by atomic mass is 32.1. The molecule has 12 heteroatoms. The maximum atomic E-state index is 13.7. The van der Waals surface area contributed by atoms with Crippen molar-refractivity contribution in [1.29, 1.82) is 0 Å². The highest BCUT2D eigenvalue weighted by molar-refractivity contribution is 7.19. The predicted molar refractivity (Wildman–Crippen MR) is 103 cm³/mol. The number of thiazole rings is 2. The summed E-state index contributed by atoms with van der Waals surface area (Å²) < 4.78 is 17.5. The van der Waals surface area contributed by atoms with Gasteiger partial charge in [-0.25, -0.2) is 14.6 Å². The Hall–Kier alpha value is -2.83. The van der Waals surface area contributed by atoms with Gasteiger partial charge in [0.05, 0.1) is 28.6 Å². The molecular formula is C15H15FN8OS2. The van der Waals surface area contributed by atoms with Gasteiger partial charge in [0, 0.05) is 30.8 Å². The van der Waals surface area contributed by atoms with E-state index in [1.165, 1.54) is 27.7 Å². The van der Waals surface area contributed by atoms with Crippen molar-refractivity contribution in [3.63, 3.8) is 0 Å². The van der Waals surface area contributed by atoms with Gasteiger partial charge in [-0.05, 0) is 0 Å². The number of hydrazine groups is 1. The molecule has 0 aliphatic carbocycles. The first-order valence-corrected chi connectivity index (χ1v) is 9.51. The van der Waals surface area contributed by atoms with Crippen LogP contribution in [0.15, 0.2) is 28.4 Å². The molecule has 0 aliphatic rings. The van der Waals surface area contributed by atoms with E-state index < -0.39 is 0 Å². The van der Waals surface area contributed by atoms with Gasteiger partial charge in [0.1, 0.15) is 10.5 Å². The summed E-state index contributed by atoms with van der Waals surface area (Å²) >= 11 is 2.37. The standard InChI is InChI=1S/C15H15FN8OS2/c1-23-11-8(4-21-24(15(11)25)5-7(17)3-20-18)12-14(23)22-10(27-12)2-9-13(16)26-6-19-9/h3-4,6,20H,2,5,17-18H2,1H3/b7-3-. The second-order valence-corrected chi connectivity index (χ2v) is 7.71. The van der Waals surface area contributed by atoms with Gasteiger partial charge < -0.3 is 15.7 Å². The molecule has 0 saturated carbocycles. The SMILES string of the molecule is Cn1c2nc(Cc3ncsc3F)sc2c2cnn(C/C(N)=C/NN)c(=O)c21. The van der Waals surface area contributed by atoms with Crippen molar-refractivity contribution in [3.8, 4) is 0 Å². The number of nitrogens with zero attached hydrogens (tertiary/aromatic N) is 5. The summed E-state index contributed by atoms with van der Waals surface area (Å²) in [6, 6.07) is 0. The molecular weight excluding hydrogens is 391 g/mol. The third-order valence-corrected chi connectivity index (χ3v) is 5.81. The fourth-order valence-corrected chi connectivity index (χ4v) is 4.50. The van der Waals surface area contributed by atoms with Crippen molar-refractivity contribution >= 4 is 43.9 Å². The summed E-state index contributed by atoms with van der Waals surface area (Å²) in [6.07, 6.45) is 3.33. The van der Waals surface area contributed by atoms with Crippen molar-refractivity contribution in [2.75, 3.05) is 0 Å². The van der Waals surface area contributed by atoms with Crippen LogP contribution in [0.4, 0.5) is 4.39 Å². The maximum Gasteiger partial charge on any atom is 0.291 e. The van der Waals surface area contributed by atoms with Crippen LogP contribution in [0.5, 0.6) is 0 Å². The van der Waals surface area contributed by atoms with Gasteiger partial charge in [-0.3, -0.25) is 10.6 Å². The van der Waals surface area contributed by atoms with E-state index >= 15 is 0 Å². The number of rotatable bonds is 5. The average Bonchev–Trinajstić information content (AvgIpc) is 3.29. The first kappa shape index (κ1) is 17.6. The second kappa shape index (κ2) is 6.72. The monoisotopic (exact) mass is 406 g/mol. The van der Waals surface area contributed by atoms with E-state index in [0.29, 0.717) is 34.4 Å². The van der Waals surface area contributed by atoms with Gasteiger partial charge in [0.2, 0.25) is 0 Å². The lowest BCUT2D eigenvalue weighted by atomic mass is 10.3. The summed E-state index contributed by atoms with van der Waals surface area (Å²) in [6.45, 7) is 0.111. The van der Waals surface area contributed by atoms with Crippen molar-refractivity contribution in [2.24, 2.45) is 18.6 Å². The Labute approximate surface area is 159 Å². The molecule has 9 nitrogen and oxygen atoms in total. The van der Waals surface area contributed by atoms with E-state index in [-0.39, 0.29) is 17.2 Å². The number of fused-ring (bicyclic) bond motifs is 3. The van der Waals surface area contributed by atoms with Crippen molar-refractivity contribution < 1.29 is 4.39 Å². The molecule has 0 bridgehead atoms. The van der Waals surface area contributed by atoms with Crippen LogP contribution >= 0.6 is 22.7 Å². The second-order valence-electron chi connectivity index (χ2n) is 5.82. The van der Waals surface area contributed by atoms with Gasteiger partial charge in [0.15, 0.2) is 10.8 Å². The van der Waals surface area contributed by atoms with E-state index in [1.54, 1.807) is 17.8 Å². The van der Waals surface area contributed by atoms with Gasteiger partial charge in [-0.1, -0.05) is 11.3 Å². The molecule has 0 spiro atoms. The third kappa shape index (κ3) is 2.97. The molecule has 4 heterocycles. The van der Waals surface area contributed by atoms with Gasteiger partial charge >= 0.3 is 0 Å². The molecule has 140 valence electrons. The zero-order valence-electron chi connectivity index (χ0n) is 14.1. The maximum absolute atomic E-state index is 13.7. The summed E-state index contributed by atoms with van der Waals surface area (Å²) in [5, 5.41) is 5.33. The van der Waals surface area contributed by atoms with Crippen LogP contribution in [0.1, 0.15) is 10.7 Å². The number of allylic oxidation sites excluding steroid dienone is 1. The first-order chi connectivity index (χ1) is 13.0. The average molecular weight is 406 g/mol. The molecule has 4 aromatic heterocycles. The van der Waals surface area contributed by atoms with E-state index in [1.807, 2.05) is 0 Å². The quantitative estimate of drug-likeness (QED) is 0.330. The Morgan fingerprint density at radius 1 is 1.48 bits per heavy atom. The van der Waals surface area contributed by atoms with Crippen LogP contribution in [-0.2, 0) is 20.0 Å². The summed E-state index contributed by atoms with van der Waals surface area (Å²) in [5.74, 6) is 5.19. The number of halogens is 1. The molecule has 4 aromatic rings. The Bertz CT molecular complexity index is 1230. The lowest BCUT2D eigenvalue weighted by molar-refractivity contribution is 0.628. The normalized spacial score (nSPS) is 12.3. The minimum Gasteiger partial charge on any atom is -0.399 e. The van der Waals surface area contributed by atoms with Crippen molar-refractivity contribution in [2.45, 2.75) is 13.0 Å². The Balaban J connectivity index is 1.79. The number of nitrogens with one attached hydrogen (secondary N) is 1. The largest absolute Gasteiger partial charge is 0.399 e. The number of aryl methyl sites for hydroxylation is 1. The Kier molecular flexibility index (Phi) is 4.37. The highest BCUT2D eigenvalue weighted by Crippen LogP contribution is 2.32. The van der Waals surface area contributed by atoms with Crippen LogP contribution in [0, 0.1) is 5.13 Å². The zero-order valence-corrected chi connectivity index (χ0v) is 15.8. The lowest BCUT2D eigenvalue weighted by Gasteiger charge is -2.05. The first-order valence-electron chi connectivity index (χ1n) is 7.82. The molecule has 5 N–H and O–H groups in total. The fraction of sp³-hybridized carbons (Fsp3) is 0.200. The van der Waals surface area contributed by atoms with E-state index in [4.69, 9.17) is 11.6 Å². The van der Waals surface area contributed by atoms with Crippen LogP contribution in [0.3, 0.4) is 0 Å². The molecule has 4 rings (SSSR count). The smallest absolute Gasteiger partial charge is 0.291 e. The van der Waals surface area contributed by atoms with Gasteiger partial charge in [0.25, 0.3) is 5.56 Å². The summed E-state index contributed by atoms with van der Waals surface area (Å²) in [7, 11) is 1.77. The number of aromatic nitrogens is 5. The third-order valence-electron chi connectivity index (χ3n) is 4.08. The van der Waals surface area contributed by atoms with Crippen molar-refractivity contribution in [3.05, 3.63) is 49.8 Å². The van der Waals surface area contributed by atoms with Crippen LogP contribution in [0.25, 0.3) is 21.3 Å². The predicted octanol–water partition coefficient (Wildman–Crippen LogP) is 0.794. The molecule has 0 atom stereocenters. The van der Waals surface area contributed by atoms with Crippen LogP contribution in [0.2, 0.25) is 0 Å². The highest BCUT2D eigenvalue weighted by Gasteiger charge is 2.19. The molecule has 0 unspecified atom stereocenters. The number of hydrogen-bond acceptors (Lipinski definition) is 9. The van der Waals surface area contributed by atoms with E-state index in [0.717, 1.165) is 21.0 Å². The molecule has 0 amide bonds.